The molecule has 30 heavy (non-hydrogen) atoms. The minimum atomic E-state index is -1.08. The molecular formula is C22H24FN5O2. The standard InChI is InChI=1S/C22H24FN5O2/c1-22-8-7-14(27(22)2)12-19(21(22)23)30-20-6-5-17(25-26-20)16-4-3-15(11-18(16)29)28-10-9-24-13-28/h3-6,9-11,13-14,19,21,29H,7-8,12H2,1-2H3/t14?,19-,21+,22+/m0/s1. The van der Waals surface area contributed by atoms with E-state index in [0.29, 0.717) is 29.6 Å². The first-order valence-corrected chi connectivity index (χ1v) is 10.1. The average molecular weight is 409 g/mol. The molecule has 7 nitrogen and oxygen atoms in total. The number of rotatable bonds is 4. The highest BCUT2D eigenvalue weighted by molar-refractivity contribution is 5.68. The first-order chi connectivity index (χ1) is 14.5. The first kappa shape index (κ1) is 19.0. The molecule has 2 fully saturated rings. The summed E-state index contributed by atoms with van der Waals surface area (Å²) in [6.45, 7) is 1.97. The maximum absolute atomic E-state index is 15.2. The van der Waals surface area contributed by atoms with Gasteiger partial charge in [0.1, 0.15) is 11.9 Å². The monoisotopic (exact) mass is 409 g/mol. The van der Waals surface area contributed by atoms with Gasteiger partial charge in [0.2, 0.25) is 5.88 Å². The zero-order chi connectivity index (χ0) is 20.9. The number of nitrogens with zero attached hydrogens (tertiary/aromatic N) is 5. The fraction of sp³-hybridized carbons (Fsp3) is 0.409. The van der Waals surface area contributed by atoms with E-state index in [1.54, 1.807) is 47.6 Å². The minimum absolute atomic E-state index is 0.0906. The van der Waals surface area contributed by atoms with E-state index in [4.69, 9.17) is 4.74 Å². The van der Waals surface area contributed by atoms with Crippen LogP contribution in [0.2, 0.25) is 0 Å². The van der Waals surface area contributed by atoms with Crippen LogP contribution in [0.5, 0.6) is 11.6 Å². The molecular weight excluding hydrogens is 385 g/mol. The minimum Gasteiger partial charge on any atom is -0.507 e. The van der Waals surface area contributed by atoms with Crippen molar-refractivity contribution in [2.45, 2.75) is 50.0 Å². The number of hydrogen-bond acceptors (Lipinski definition) is 6. The molecule has 8 heteroatoms. The highest BCUT2D eigenvalue weighted by atomic mass is 19.1. The fourth-order valence-corrected chi connectivity index (χ4v) is 4.74. The predicted octanol–water partition coefficient (Wildman–Crippen LogP) is 3.38. The number of imidazole rings is 1. The topological polar surface area (TPSA) is 76.3 Å². The Bertz CT molecular complexity index is 1040. The molecule has 0 radical (unpaired) electrons. The van der Waals surface area contributed by atoms with Crippen molar-refractivity contribution in [1.82, 2.24) is 24.6 Å². The number of fused-ring (bicyclic) bond motifs is 2. The van der Waals surface area contributed by atoms with Gasteiger partial charge >= 0.3 is 0 Å². The molecule has 0 amide bonds. The Morgan fingerprint density at radius 1 is 1.23 bits per heavy atom. The van der Waals surface area contributed by atoms with Gasteiger partial charge in [-0.1, -0.05) is 0 Å². The van der Waals surface area contributed by atoms with Crippen LogP contribution in [0.3, 0.4) is 0 Å². The number of halogens is 1. The van der Waals surface area contributed by atoms with E-state index in [0.717, 1.165) is 18.5 Å². The Kier molecular flexibility index (Phi) is 4.47. The molecule has 4 atom stereocenters. The van der Waals surface area contributed by atoms with Crippen LogP contribution in [-0.2, 0) is 0 Å². The molecule has 2 aromatic heterocycles. The Morgan fingerprint density at radius 2 is 2.10 bits per heavy atom. The summed E-state index contributed by atoms with van der Waals surface area (Å²) in [4.78, 5) is 6.16. The van der Waals surface area contributed by atoms with E-state index in [9.17, 15) is 5.11 Å². The van der Waals surface area contributed by atoms with Crippen molar-refractivity contribution in [3.63, 3.8) is 0 Å². The van der Waals surface area contributed by atoms with Crippen molar-refractivity contribution < 1.29 is 14.2 Å². The summed E-state index contributed by atoms with van der Waals surface area (Å²) in [5.74, 6) is 0.390. The number of phenols is 1. The van der Waals surface area contributed by atoms with E-state index in [2.05, 4.69) is 20.1 Å². The molecule has 3 aromatic rings. The van der Waals surface area contributed by atoms with Crippen molar-refractivity contribution >= 4 is 0 Å². The Hall–Kier alpha value is -3.00. The number of ether oxygens (including phenoxy) is 1. The Morgan fingerprint density at radius 3 is 2.80 bits per heavy atom. The van der Waals surface area contributed by atoms with Crippen molar-refractivity contribution in [1.29, 1.82) is 0 Å². The van der Waals surface area contributed by atoms with Crippen molar-refractivity contribution in [2.75, 3.05) is 7.05 Å². The number of aromatic nitrogens is 4. The van der Waals surface area contributed by atoms with Gasteiger partial charge in [-0.15, -0.1) is 10.2 Å². The summed E-state index contributed by atoms with van der Waals surface area (Å²) in [5.41, 5.74) is 1.39. The third-order valence-electron chi connectivity index (χ3n) is 6.73. The molecule has 1 aromatic carbocycles. The fourth-order valence-electron chi connectivity index (χ4n) is 4.74. The lowest BCUT2D eigenvalue weighted by Gasteiger charge is -2.45. The number of piperidine rings is 1. The van der Waals surface area contributed by atoms with E-state index < -0.39 is 17.8 Å². The van der Waals surface area contributed by atoms with E-state index in [-0.39, 0.29) is 5.75 Å². The maximum atomic E-state index is 15.2. The molecule has 4 heterocycles. The second kappa shape index (κ2) is 7.05. The molecule has 5 rings (SSSR count). The zero-order valence-electron chi connectivity index (χ0n) is 16.9. The third-order valence-corrected chi connectivity index (χ3v) is 6.73. The molecule has 2 bridgehead atoms. The van der Waals surface area contributed by atoms with Crippen LogP contribution >= 0.6 is 0 Å². The molecule has 1 unspecified atom stereocenters. The lowest BCUT2D eigenvalue weighted by Crippen LogP contribution is -2.60. The van der Waals surface area contributed by atoms with E-state index >= 15 is 4.39 Å². The van der Waals surface area contributed by atoms with Crippen LogP contribution in [0.25, 0.3) is 16.9 Å². The first-order valence-electron chi connectivity index (χ1n) is 10.1. The van der Waals surface area contributed by atoms with Gasteiger partial charge in [0.05, 0.1) is 23.2 Å². The average Bonchev–Trinajstić information content (AvgIpc) is 3.35. The number of hydrogen-bond donors (Lipinski definition) is 1. The SMILES string of the molecule is CN1C2CC[C@]1(C)[C@H](F)[C@@H](Oc1ccc(-c3ccc(-n4ccnc4)cc3O)nn1)C2. The van der Waals surface area contributed by atoms with Crippen LogP contribution in [0, 0.1) is 0 Å². The molecule has 2 aliphatic rings. The van der Waals surface area contributed by atoms with Gasteiger partial charge < -0.3 is 14.4 Å². The molecule has 0 saturated carbocycles. The lowest BCUT2D eigenvalue weighted by molar-refractivity contribution is -0.0596. The van der Waals surface area contributed by atoms with Gasteiger partial charge in [0, 0.05) is 42.6 Å². The van der Waals surface area contributed by atoms with Crippen molar-refractivity contribution in [3.05, 3.63) is 49.1 Å². The Labute approximate surface area is 174 Å². The lowest BCUT2D eigenvalue weighted by atomic mass is 9.87. The highest BCUT2D eigenvalue weighted by Gasteiger charge is 2.55. The quantitative estimate of drug-likeness (QED) is 0.712. The molecule has 1 N–H and O–H groups in total. The maximum Gasteiger partial charge on any atom is 0.233 e. The van der Waals surface area contributed by atoms with Gasteiger partial charge in [0.15, 0.2) is 6.17 Å². The number of alkyl halides is 1. The largest absolute Gasteiger partial charge is 0.507 e. The summed E-state index contributed by atoms with van der Waals surface area (Å²) < 4.78 is 22.9. The Balaban J connectivity index is 1.33. The summed E-state index contributed by atoms with van der Waals surface area (Å²) in [6, 6.07) is 9.04. The van der Waals surface area contributed by atoms with E-state index in [1.165, 1.54) is 0 Å². The van der Waals surface area contributed by atoms with Gasteiger partial charge in [-0.3, -0.25) is 4.90 Å². The van der Waals surface area contributed by atoms with Crippen LogP contribution in [0.4, 0.5) is 4.39 Å². The van der Waals surface area contributed by atoms with Crippen LogP contribution in [0.15, 0.2) is 49.1 Å². The second-order valence-corrected chi connectivity index (χ2v) is 8.38. The summed E-state index contributed by atoms with van der Waals surface area (Å²) in [7, 11) is 2.00. The summed E-state index contributed by atoms with van der Waals surface area (Å²) >= 11 is 0. The van der Waals surface area contributed by atoms with Gasteiger partial charge in [0.25, 0.3) is 0 Å². The van der Waals surface area contributed by atoms with Crippen LogP contribution < -0.4 is 4.74 Å². The third kappa shape index (κ3) is 3.02. The highest BCUT2D eigenvalue weighted by Crippen LogP contribution is 2.45. The van der Waals surface area contributed by atoms with Gasteiger partial charge in [-0.2, -0.15) is 0 Å². The van der Waals surface area contributed by atoms with E-state index in [1.807, 2.05) is 20.0 Å². The summed E-state index contributed by atoms with van der Waals surface area (Å²) in [5, 5.41) is 18.8. The van der Waals surface area contributed by atoms with Crippen LogP contribution in [0.1, 0.15) is 26.2 Å². The normalized spacial score (nSPS) is 28.6. The van der Waals surface area contributed by atoms with Crippen molar-refractivity contribution in [2.24, 2.45) is 0 Å². The smallest absolute Gasteiger partial charge is 0.233 e. The predicted molar refractivity (Wildman–Crippen MR) is 109 cm³/mol. The van der Waals surface area contributed by atoms with Crippen LogP contribution in [-0.4, -0.2) is 60.7 Å². The molecule has 2 aliphatic heterocycles. The number of phenolic OH excluding ortho intramolecular Hbond substituents is 1. The molecule has 0 spiro atoms. The van der Waals surface area contributed by atoms with Gasteiger partial charge in [-0.25, -0.2) is 9.37 Å². The van der Waals surface area contributed by atoms with Gasteiger partial charge in [-0.05, 0) is 45.0 Å². The number of aromatic hydroxyl groups is 1. The second-order valence-electron chi connectivity index (χ2n) is 8.38. The zero-order valence-corrected chi connectivity index (χ0v) is 16.9. The molecule has 156 valence electrons. The summed E-state index contributed by atoms with van der Waals surface area (Å²) in [6.07, 6.45) is 6.01. The number of benzene rings is 1. The van der Waals surface area contributed by atoms with Crippen molar-refractivity contribution in [3.8, 4) is 28.6 Å². The molecule has 2 saturated heterocycles. The molecule has 0 aliphatic carbocycles.